The van der Waals surface area contributed by atoms with Gasteiger partial charge in [-0.05, 0) is 19.1 Å². The summed E-state index contributed by atoms with van der Waals surface area (Å²) in [5.41, 5.74) is 0.668. The fourth-order valence-corrected chi connectivity index (χ4v) is 0.657. The van der Waals surface area contributed by atoms with Crippen molar-refractivity contribution in [2.24, 2.45) is 0 Å². The van der Waals surface area contributed by atoms with E-state index in [4.69, 9.17) is 0 Å². The summed E-state index contributed by atoms with van der Waals surface area (Å²) in [5, 5.41) is 10.2. The molecule has 51 valence electrons. The maximum Gasteiger partial charge on any atom is 0.404 e. The van der Waals surface area contributed by atoms with E-state index in [0.29, 0.717) is 5.69 Å². The number of carbonyl (C=O) groups excluding carboxylic acids is 1. The van der Waals surface area contributed by atoms with Crippen LogP contribution in [-0.4, -0.2) is 11.0 Å². The summed E-state index contributed by atoms with van der Waals surface area (Å²) in [5.74, 6) is -1.23. The summed E-state index contributed by atoms with van der Waals surface area (Å²) in [6.45, 7) is 1.73. The predicted molar refractivity (Wildman–Crippen MR) is 34.0 cm³/mol. The molecule has 0 unspecified atom stereocenters. The first-order valence-corrected chi connectivity index (χ1v) is 2.85. The Kier molecular flexibility index (Phi) is 1.67. The number of pyridine rings is 1. The lowest BCUT2D eigenvalue weighted by molar-refractivity contribution is 0.0566. The van der Waals surface area contributed by atoms with Crippen LogP contribution >= 0.6 is 0 Å². The molecule has 0 aliphatic carbocycles. The molecule has 0 amide bonds. The highest BCUT2D eigenvalue weighted by molar-refractivity contribution is 5.84. The molecule has 0 aromatic carbocycles. The highest BCUT2D eigenvalue weighted by atomic mass is 16.4. The van der Waals surface area contributed by atoms with Gasteiger partial charge >= 0.3 is 5.97 Å². The van der Waals surface area contributed by atoms with Crippen LogP contribution in [0.15, 0.2) is 18.2 Å². The van der Waals surface area contributed by atoms with Crippen molar-refractivity contribution >= 4 is 5.97 Å². The molecule has 3 heteroatoms. The van der Waals surface area contributed by atoms with Crippen LogP contribution in [0.25, 0.3) is 0 Å². The number of hydrogen-bond acceptors (Lipinski definition) is 2. The second kappa shape index (κ2) is 2.47. The molecular formula is C7H6NO2. The van der Waals surface area contributed by atoms with Gasteiger partial charge in [0.1, 0.15) is 0 Å². The van der Waals surface area contributed by atoms with Crippen molar-refractivity contribution in [2.45, 2.75) is 6.92 Å². The summed E-state index contributed by atoms with van der Waals surface area (Å²) in [6.07, 6.45) is 0. The molecule has 1 rings (SSSR count). The van der Waals surface area contributed by atoms with Gasteiger partial charge in [-0.1, -0.05) is 6.07 Å². The zero-order chi connectivity index (χ0) is 7.56. The molecule has 10 heavy (non-hydrogen) atoms. The Morgan fingerprint density at radius 3 is 2.60 bits per heavy atom. The Hall–Kier alpha value is -1.38. The summed E-state index contributed by atoms with van der Waals surface area (Å²) in [7, 11) is 0. The van der Waals surface area contributed by atoms with Crippen molar-refractivity contribution in [1.29, 1.82) is 0 Å². The van der Waals surface area contributed by atoms with Crippen LogP contribution in [0.3, 0.4) is 0 Å². The van der Waals surface area contributed by atoms with Crippen LogP contribution in [0.5, 0.6) is 0 Å². The third-order valence-electron chi connectivity index (χ3n) is 1.10. The van der Waals surface area contributed by atoms with Gasteiger partial charge in [0.2, 0.25) is 0 Å². The lowest BCUT2D eigenvalue weighted by atomic mass is 10.3. The number of aryl methyl sites for hydroxylation is 1. The number of hydrogen-bond donors (Lipinski definition) is 0. The Morgan fingerprint density at radius 2 is 2.20 bits per heavy atom. The van der Waals surface area contributed by atoms with Gasteiger partial charge in [0.25, 0.3) is 0 Å². The van der Waals surface area contributed by atoms with E-state index in [0.717, 1.165) is 0 Å². The normalized spacial score (nSPS) is 9.30. The predicted octanol–water partition coefficient (Wildman–Crippen LogP) is 0.961. The molecule has 3 nitrogen and oxygen atoms in total. The minimum atomic E-state index is -1.23. The van der Waals surface area contributed by atoms with E-state index in [1.54, 1.807) is 19.1 Å². The number of aromatic nitrogens is 1. The van der Waals surface area contributed by atoms with Gasteiger partial charge in [0.15, 0.2) is 5.69 Å². The Balaban J connectivity index is 3.07. The SMILES string of the molecule is Cc1cccc(C([O])=O)n1. The Morgan fingerprint density at radius 1 is 1.50 bits per heavy atom. The van der Waals surface area contributed by atoms with Crippen LogP contribution in [-0.2, 0) is 5.11 Å². The van der Waals surface area contributed by atoms with Crippen molar-refractivity contribution < 1.29 is 9.90 Å². The number of carbonyl (C=O) groups is 1. The van der Waals surface area contributed by atoms with Crippen molar-refractivity contribution in [3.8, 4) is 0 Å². The Labute approximate surface area is 58.3 Å². The molecule has 0 saturated carbocycles. The van der Waals surface area contributed by atoms with Crippen LogP contribution < -0.4 is 0 Å². The van der Waals surface area contributed by atoms with Gasteiger partial charge in [0, 0.05) is 5.69 Å². The zero-order valence-electron chi connectivity index (χ0n) is 5.50. The second-order valence-electron chi connectivity index (χ2n) is 1.95. The van der Waals surface area contributed by atoms with Gasteiger partial charge in [-0.15, -0.1) is 0 Å². The Bertz CT molecular complexity index is 258. The lowest BCUT2D eigenvalue weighted by Gasteiger charge is -1.91. The van der Waals surface area contributed by atoms with Crippen LogP contribution in [0.1, 0.15) is 16.2 Å². The summed E-state index contributed by atoms with van der Waals surface area (Å²) >= 11 is 0. The van der Waals surface area contributed by atoms with E-state index in [9.17, 15) is 9.90 Å². The van der Waals surface area contributed by atoms with E-state index in [2.05, 4.69) is 4.98 Å². The number of rotatable bonds is 1. The quantitative estimate of drug-likeness (QED) is 0.577. The van der Waals surface area contributed by atoms with E-state index in [1.165, 1.54) is 6.07 Å². The molecular weight excluding hydrogens is 130 g/mol. The van der Waals surface area contributed by atoms with Gasteiger partial charge in [-0.3, -0.25) is 0 Å². The fraction of sp³-hybridized carbons (Fsp3) is 0.143. The molecule has 1 aromatic heterocycles. The van der Waals surface area contributed by atoms with Gasteiger partial charge in [-0.2, -0.15) is 0 Å². The first-order valence-electron chi connectivity index (χ1n) is 2.85. The van der Waals surface area contributed by atoms with Crippen molar-refractivity contribution in [3.63, 3.8) is 0 Å². The van der Waals surface area contributed by atoms with Crippen LogP contribution in [0.2, 0.25) is 0 Å². The van der Waals surface area contributed by atoms with Crippen LogP contribution in [0, 0.1) is 6.92 Å². The molecule has 0 spiro atoms. The molecule has 0 saturated heterocycles. The maximum absolute atomic E-state index is 10.2. The highest BCUT2D eigenvalue weighted by Crippen LogP contribution is 1.96. The van der Waals surface area contributed by atoms with E-state index < -0.39 is 5.97 Å². The number of nitrogens with zero attached hydrogens (tertiary/aromatic N) is 1. The second-order valence-corrected chi connectivity index (χ2v) is 1.95. The smallest absolute Gasteiger partial charge is 0.246 e. The molecule has 1 radical (unpaired) electrons. The zero-order valence-corrected chi connectivity index (χ0v) is 5.50. The van der Waals surface area contributed by atoms with Crippen molar-refractivity contribution in [2.75, 3.05) is 0 Å². The molecule has 0 fully saturated rings. The highest BCUT2D eigenvalue weighted by Gasteiger charge is 2.04. The van der Waals surface area contributed by atoms with Crippen molar-refractivity contribution in [1.82, 2.24) is 4.98 Å². The molecule has 0 aliphatic rings. The van der Waals surface area contributed by atoms with E-state index in [-0.39, 0.29) is 5.69 Å². The van der Waals surface area contributed by atoms with Gasteiger partial charge in [0.05, 0.1) is 0 Å². The minimum Gasteiger partial charge on any atom is -0.246 e. The summed E-state index contributed by atoms with van der Waals surface area (Å²) < 4.78 is 0. The monoisotopic (exact) mass is 136 g/mol. The maximum atomic E-state index is 10.2. The first kappa shape index (κ1) is 6.74. The van der Waals surface area contributed by atoms with E-state index in [1.807, 2.05) is 0 Å². The average molecular weight is 136 g/mol. The van der Waals surface area contributed by atoms with Gasteiger partial charge < -0.3 is 0 Å². The largest absolute Gasteiger partial charge is 0.404 e. The minimum absolute atomic E-state index is 0.0139. The molecule has 0 atom stereocenters. The van der Waals surface area contributed by atoms with Crippen LogP contribution in [0.4, 0.5) is 0 Å². The summed E-state index contributed by atoms with van der Waals surface area (Å²) in [6, 6.07) is 4.77. The third-order valence-corrected chi connectivity index (χ3v) is 1.10. The average Bonchev–Trinajstić information content (AvgIpc) is 1.88. The molecule has 0 N–H and O–H groups in total. The lowest BCUT2D eigenvalue weighted by Crippen LogP contribution is -1.98. The summed E-state index contributed by atoms with van der Waals surface area (Å²) in [4.78, 5) is 13.9. The van der Waals surface area contributed by atoms with E-state index >= 15 is 0 Å². The molecule has 0 aliphatic heterocycles. The fourth-order valence-electron chi connectivity index (χ4n) is 0.657. The van der Waals surface area contributed by atoms with Crippen molar-refractivity contribution in [3.05, 3.63) is 29.6 Å². The van der Waals surface area contributed by atoms with Gasteiger partial charge in [-0.25, -0.2) is 14.9 Å². The molecule has 1 heterocycles. The third kappa shape index (κ3) is 1.31. The first-order chi connectivity index (χ1) is 4.70. The standard InChI is InChI=1S/C7H6NO2/c1-5-3-2-4-6(8-5)7(9)10/h2-4H,1H3. The molecule has 0 bridgehead atoms. The molecule has 1 aromatic rings. The topological polar surface area (TPSA) is 49.9 Å².